The highest BCUT2D eigenvalue weighted by molar-refractivity contribution is 5.94. The number of ether oxygens (including phenoxy) is 1. The van der Waals surface area contributed by atoms with E-state index in [2.05, 4.69) is 17.6 Å². The molecule has 0 radical (unpaired) electrons. The quantitative estimate of drug-likeness (QED) is 0.0961. The van der Waals surface area contributed by atoms with Crippen molar-refractivity contribution in [2.75, 3.05) is 13.1 Å². The van der Waals surface area contributed by atoms with Crippen LogP contribution in [-0.2, 0) is 20.7 Å². The molecule has 0 saturated carbocycles. The van der Waals surface area contributed by atoms with Crippen molar-refractivity contribution in [2.24, 2.45) is 0 Å². The molecule has 0 spiro atoms. The third-order valence-electron chi connectivity index (χ3n) is 7.26. The number of rotatable bonds is 24. The van der Waals surface area contributed by atoms with Crippen LogP contribution in [0.4, 0.5) is 0 Å². The Bertz CT molecular complexity index is 847. The minimum atomic E-state index is -0.373. The predicted molar refractivity (Wildman–Crippen MR) is 170 cm³/mol. The lowest BCUT2D eigenvalue weighted by Crippen LogP contribution is -2.27. The van der Waals surface area contributed by atoms with Crippen LogP contribution < -0.4 is 10.6 Å². The number of amides is 2. The zero-order valence-electron chi connectivity index (χ0n) is 26.8. The fourth-order valence-electron chi connectivity index (χ4n) is 4.87. The summed E-state index contributed by atoms with van der Waals surface area (Å²) in [6.45, 7) is 9.13. The second kappa shape index (κ2) is 23.2. The average molecular weight is 573 g/mol. The van der Waals surface area contributed by atoms with E-state index in [1.165, 1.54) is 69.8 Å². The molecule has 0 aliphatic rings. The first kappa shape index (κ1) is 36.7. The van der Waals surface area contributed by atoms with Gasteiger partial charge in [-0.05, 0) is 70.6 Å². The normalized spacial score (nSPS) is 11.3. The molecule has 6 heteroatoms. The fourth-order valence-corrected chi connectivity index (χ4v) is 4.87. The number of esters is 1. The second-order valence-corrected chi connectivity index (χ2v) is 12.4. The van der Waals surface area contributed by atoms with Crippen LogP contribution in [0.15, 0.2) is 24.3 Å². The van der Waals surface area contributed by atoms with Crippen molar-refractivity contribution in [3.8, 4) is 0 Å². The predicted octanol–water partition coefficient (Wildman–Crippen LogP) is 8.46. The molecule has 41 heavy (non-hydrogen) atoms. The van der Waals surface area contributed by atoms with Crippen molar-refractivity contribution in [3.63, 3.8) is 0 Å². The number of unbranched alkanes of at least 4 members (excludes halogenated alkanes) is 14. The van der Waals surface area contributed by atoms with E-state index in [0.717, 1.165) is 44.9 Å². The highest BCUT2D eigenvalue weighted by Crippen LogP contribution is 2.15. The number of carbonyl (C=O) groups excluding carboxylic acids is 3. The standard InChI is InChI=1S/C35H60N2O4/c1-5-30-23-22-24-31(29-30)34(40)37-28-21-20-27-36-32(38)25-18-16-14-12-10-8-6-7-9-11-13-15-17-19-26-33(39)41-35(2,3)4/h22-24,29H,5-21,25-28H2,1-4H3,(H,36,38)(H,37,40). The Labute approximate surface area is 251 Å². The van der Waals surface area contributed by atoms with Gasteiger partial charge in [-0.2, -0.15) is 0 Å². The van der Waals surface area contributed by atoms with Crippen LogP contribution >= 0.6 is 0 Å². The highest BCUT2D eigenvalue weighted by Gasteiger charge is 2.15. The Morgan fingerprint density at radius 2 is 1.15 bits per heavy atom. The summed E-state index contributed by atoms with van der Waals surface area (Å²) in [5.74, 6) is 0.0496. The lowest BCUT2D eigenvalue weighted by molar-refractivity contribution is -0.154. The molecule has 1 aromatic rings. The molecule has 234 valence electrons. The van der Waals surface area contributed by atoms with E-state index in [9.17, 15) is 14.4 Å². The summed E-state index contributed by atoms with van der Waals surface area (Å²) in [7, 11) is 0. The lowest BCUT2D eigenvalue weighted by Gasteiger charge is -2.19. The van der Waals surface area contributed by atoms with E-state index in [1.807, 2.05) is 45.0 Å². The van der Waals surface area contributed by atoms with E-state index >= 15 is 0 Å². The summed E-state index contributed by atoms with van der Waals surface area (Å²) in [6, 6.07) is 7.75. The van der Waals surface area contributed by atoms with Crippen molar-refractivity contribution in [1.29, 1.82) is 0 Å². The molecular weight excluding hydrogens is 512 g/mol. The van der Waals surface area contributed by atoms with E-state index in [1.54, 1.807) is 0 Å². The van der Waals surface area contributed by atoms with Crippen molar-refractivity contribution in [1.82, 2.24) is 10.6 Å². The SMILES string of the molecule is CCc1cccc(C(=O)NCCCCNC(=O)CCCCCCCCCCCCCCCCC(=O)OC(C)(C)C)c1. The van der Waals surface area contributed by atoms with E-state index in [4.69, 9.17) is 4.74 Å². The lowest BCUT2D eigenvalue weighted by atomic mass is 10.0. The number of hydrogen-bond acceptors (Lipinski definition) is 4. The Morgan fingerprint density at radius 3 is 1.66 bits per heavy atom. The van der Waals surface area contributed by atoms with Crippen molar-refractivity contribution < 1.29 is 19.1 Å². The monoisotopic (exact) mass is 572 g/mol. The molecule has 2 amide bonds. The average Bonchev–Trinajstić information content (AvgIpc) is 2.93. The summed E-state index contributed by atoms with van der Waals surface area (Å²) in [5.41, 5.74) is 1.51. The molecule has 0 fully saturated rings. The van der Waals surface area contributed by atoms with E-state index in [0.29, 0.717) is 31.5 Å². The Morgan fingerprint density at radius 1 is 0.659 bits per heavy atom. The van der Waals surface area contributed by atoms with Gasteiger partial charge in [0.05, 0.1) is 0 Å². The van der Waals surface area contributed by atoms with Crippen LogP contribution in [-0.4, -0.2) is 36.5 Å². The number of aryl methyl sites for hydroxylation is 1. The molecule has 0 heterocycles. The van der Waals surface area contributed by atoms with E-state index < -0.39 is 0 Å². The van der Waals surface area contributed by atoms with Gasteiger partial charge in [0.25, 0.3) is 5.91 Å². The molecule has 0 aliphatic heterocycles. The summed E-state index contributed by atoms with van der Waals surface area (Å²) < 4.78 is 5.34. The summed E-state index contributed by atoms with van der Waals surface area (Å²) >= 11 is 0. The molecule has 6 nitrogen and oxygen atoms in total. The fraction of sp³-hybridized carbons (Fsp3) is 0.743. The van der Waals surface area contributed by atoms with Crippen LogP contribution in [0, 0.1) is 0 Å². The first-order valence-corrected chi connectivity index (χ1v) is 16.6. The van der Waals surface area contributed by atoms with Gasteiger partial charge >= 0.3 is 5.97 Å². The van der Waals surface area contributed by atoms with Gasteiger partial charge in [-0.3, -0.25) is 14.4 Å². The van der Waals surface area contributed by atoms with Gasteiger partial charge in [-0.1, -0.05) is 96.1 Å². The summed E-state index contributed by atoms with van der Waals surface area (Å²) in [6.07, 6.45) is 20.9. The van der Waals surface area contributed by atoms with Crippen LogP contribution in [0.3, 0.4) is 0 Å². The van der Waals surface area contributed by atoms with Gasteiger partial charge in [0, 0.05) is 31.5 Å². The van der Waals surface area contributed by atoms with Crippen molar-refractivity contribution >= 4 is 17.8 Å². The third kappa shape index (κ3) is 22.0. The van der Waals surface area contributed by atoms with Gasteiger partial charge in [0.1, 0.15) is 5.60 Å². The summed E-state index contributed by atoms with van der Waals surface area (Å²) in [4.78, 5) is 36.0. The van der Waals surface area contributed by atoms with Gasteiger partial charge in [-0.15, -0.1) is 0 Å². The minimum Gasteiger partial charge on any atom is -0.460 e. The molecule has 0 saturated heterocycles. The van der Waals surface area contributed by atoms with Crippen LogP contribution in [0.1, 0.15) is 159 Å². The zero-order valence-corrected chi connectivity index (χ0v) is 26.8. The number of nitrogens with one attached hydrogen (secondary N) is 2. The summed E-state index contributed by atoms with van der Waals surface area (Å²) in [5, 5.41) is 5.97. The van der Waals surface area contributed by atoms with Gasteiger partial charge in [-0.25, -0.2) is 0 Å². The molecule has 0 aromatic heterocycles. The molecule has 0 bridgehead atoms. The topological polar surface area (TPSA) is 84.5 Å². The van der Waals surface area contributed by atoms with Crippen molar-refractivity contribution in [3.05, 3.63) is 35.4 Å². The van der Waals surface area contributed by atoms with Crippen molar-refractivity contribution in [2.45, 2.75) is 155 Å². The van der Waals surface area contributed by atoms with Gasteiger partial charge in [0.2, 0.25) is 5.91 Å². The highest BCUT2D eigenvalue weighted by atomic mass is 16.6. The third-order valence-corrected chi connectivity index (χ3v) is 7.26. The Hall–Kier alpha value is -2.37. The smallest absolute Gasteiger partial charge is 0.306 e. The van der Waals surface area contributed by atoms with Crippen LogP contribution in [0.5, 0.6) is 0 Å². The maximum absolute atomic E-state index is 12.2. The molecule has 0 unspecified atom stereocenters. The molecule has 2 N–H and O–H groups in total. The molecular formula is C35H60N2O4. The second-order valence-electron chi connectivity index (χ2n) is 12.4. The first-order valence-electron chi connectivity index (χ1n) is 16.6. The zero-order chi connectivity index (χ0) is 30.2. The Balaban J connectivity index is 1.81. The number of benzene rings is 1. The molecule has 0 atom stereocenters. The Kier molecular flexibility index (Phi) is 20.8. The molecule has 1 rings (SSSR count). The molecule has 1 aromatic carbocycles. The molecule has 0 aliphatic carbocycles. The maximum Gasteiger partial charge on any atom is 0.306 e. The largest absolute Gasteiger partial charge is 0.460 e. The van der Waals surface area contributed by atoms with E-state index in [-0.39, 0.29) is 23.4 Å². The number of hydrogen-bond donors (Lipinski definition) is 2. The minimum absolute atomic E-state index is 0.0270. The maximum atomic E-state index is 12.2. The van der Waals surface area contributed by atoms with Crippen LogP contribution in [0.25, 0.3) is 0 Å². The van der Waals surface area contributed by atoms with Gasteiger partial charge in [0.15, 0.2) is 0 Å². The number of carbonyl (C=O) groups is 3. The van der Waals surface area contributed by atoms with Gasteiger partial charge < -0.3 is 15.4 Å². The van der Waals surface area contributed by atoms with Crippen LogP contribution in [0.2, 0.25) is 0 Å². The first-order chi connectivity index (χ1) is 19.7.